The first-order chi connectivity index (χ1) is 12.6. The number of hydrogen-bond donors (Lipinski definition) is 1. The summed E-state index contributed by atoms with van der Waals surface area (Å²) in [4.78, 5) is 33.6. The van der Waals surface area contributed by atoms with E-state index in [0.29, 0.717) is 35.2 Å². The van der Waals surface area contributed by atoms with Crippen LogP contribution >= 0.6 is 11.8 Å². The van der Waals surface area contributed by atoms with Crippen LogP contribution in [0, 0.1) is 0 Å². The Bertz CT molecular complexity index is 843. The SMILES string of the molecule is O=Cc1ccc(OCCOc2ccc(/C=C3/SC(=O)NC3=O)cc2)cc1. The Labute approximate surface area is 154 Å². The molecule has 1 aliphatic heterocycles. The van der Waals surface area contributed by atoms with Crippen molar-refractivity contribution in [3.05, 3.63) is 64.6 Å². The highest BCUT2D eigenvalue weighted by Crippen LogP contribution is 2.26. The monoisotopic (exact) mass is 369 g/mol. The largest absolute Gasteiger partial charge is 0.490 e. The van der Waals surface area contributed by atoms with Crippen LogP contribution in [0.5, 0.6) is 11.5 Å². The first-order valence-corrected chi connectivity index (χ1v) is 8.61. The van der Waals surface area contributed by atoms with Gasteiger partial charge in [-0.2, -0.15) is 0 Å². The first-order valence-electron chi connectivity index (χ1n) is 7.80. The highest BCUT2D eigenvalue weighted by Gasteiger charge is 2.24. The van der Waals surface area contributed by atoms with E-state index in [9.17, 15) is 14.4 Å². The lowest BCUT2D eigenvalue weighted by molar-refractivity contribution is -0.115. The van der Waals surface area contributed by atoms with Crippen LogP contribution < -0.4 is 14.8 Å². The minimum atomic E-state index is -0.376. The second kappa shape index (κ2) is 8.35. The summed E-state index contributed by atoms with van der Waals surface area (Å²) in [5, 5.41) is 1.85. The Morgan fingerprint density at radius 3 is 1.85 bits per heavy atom. The van der Waals surface area contributed by atoms with Gasteiger partial charge in [0, 0.05) is 5.56 Å². The zero-order chi connectivity index (χ0) is 18.4. The summed E-state index contributed by atoms with van der Waals surface area (Å²) >= 11 is 0.884. The number of ether oxygens (including phenoxy) is 2. The molecule has 2 amide bonds. The van der Waals surface area contributed by atoms with Crippen LogP contribution in [0.3, 0.4) is 0 Å². The first kappa shape index (κ1) is 17.8. The zero-order valence-corrected chi connectivity index (χ0v) is 14.5. The van der Waals surface area contributed by atoms with E-state index >= 15 is 0 Å². The molecule has 0 atom stereocenters. The van der Waals surface area contributed by atoms with Gasteiger partial charge in [-0.15, -0.1) is 0 Å². The third-order valence-corrected chi connectivity index (χ3v) is 4.27. The average Bonchev–Trinajstić information content (AvgIpc) is 2.97. The van der Waals surface area contributed by atoms with Crippen LogP contribution in [0.15, 0.2) is 53.4 Å². The smallest absolute Gasteiger partial charge is 0.290 e. The van der Waals surface area contributed by atoms with Gasteiger partial charge < -0.3 is 9.47 Å². The molecule has 1 aliphatic rings. The Hall–Kier alpha value is -3.06. The van der Waals surface area contributed by atoms with Gasteiger partial charge in [-0.3, -0.25) is 19.7 Å². The minimum Gasteiger partial charge on any atom is -0.490 e. The van der Waals surface area contributed by atoms with Gasteiger partial charge >= 0.3 is 0 Å². The van der Waals surface area contributed by atoms with Crippen LogP contribution in [0.4, 0.5) is 4.79 Å². The Balaban J connectivity index is 1.47. The second-order valence-corrected chi connectivity index (χ2v) is 6.32. The summed E-state index contributed by atoms with van der Waals surface area (Å²) in [6.45, 7) is 0.730. The van der Waals surface area contributed by atoms with E-state index < -0.39 is 0 Å². The maximum Gasteiger partial charge on any atom is 0.290 e. The van der Waals surface area contributed by atoms with Crippen molar-refractivity contribution in [1.82, 2.24) is 5.32 Å². The van der Waals surface area contributed by atoms with E-state index in [0.717, 1.165) is 23.6 Å². The van der Waals surface area contributed by atoms with Gasteiger partial charge in [-0.25, -0.2) is 0 Å². The molecule has 1 saturated heterocycles. The lowest BCUT2D eigenvalue weighted by atomic mass is 10.2. The predicted octanol–water partition coefficient (Wildman–Crippen LogP) is 3.28. The minimum absolute atomic E-state index is 0.359. The summed E-state index contributed by atoms with van der Waals surface area (Å²) < 4.78 is 11.1. The van der Waals surface area contributed by atoms with Crippen molar-refractivity contribution >= 4 is 35.3 Å². The van der Waals surface area contributed by atoms with E-state index in [2.05, 4.69) is 5.32 Å². The maximum atomic E-state index is 11.5. The molecule has 6 nitrogen and oxygen atoms in total. The van der Waals surface area contributed by atoms with Gasteiger partial charge in [0.15, 0.2) is 0 Å². The average molecular weight is 369 g/mol. The Kier molecular flexibility index (Phi) is 5.70. The van der Waals surface area contributed by atoms with Crippen molar-refractivity contribution in [3.63, 3.8) is 0 Å². The van der Waals surface area contributed by atoms with E-state index in [4.69, 9.17) is 9.47 Å². The molecule has 1 N–H and O–H groups in total. The number of carbonyl (C=O) groups is 3. The molecule has 26 heavy (non-hydrogen) atoms. The number of aldehydes is 1. The molecule has 1 fully saturated rings. The van der Waals surface area contributed by atoms with Crippen LogP contribution in [0.2, 0.25) is 0 Å². The number of benzene rings is 2. The normalized spacial score (nSPS) is 15.0. The summed E-state index contributed by atoms with van der Waals surface area (Å²) in [7, 11) is 0. The van der Waals surface area contributed by atoms with E-state index in [1.807, 2.05) is 0 Å². The fourth-order valence-corrected chi connectivity index (χ4v) is 2.88. The molecule has 0 unspecified atom stereocenters. The van der Waals surface area contributed by atoms with Gasteiger partial charge in [-0.1, -0.05) is 12.1 Å². The van der Waals surface area contributed by atoms with Gasteiger partial charge in [0.25, 0.3) is 11.1 Å². The molecule has 132 valence electrons. The third-order valence-electron chi connectivity index (χ3n) is 3.46. The van der Waals surface area contributed by atoms with E-state index in [1.165, 1.54) is 0 Å². The molecular formula is C19H15NO5S. The lowest BCUT2D eigenvalue weighted by Crippen LogP contribution is -2.17. The Morgan fingerprint density at radius 1 is 0.846 bits per heavy atom. The topological polar surface area (TPSA) is 81.7 Å². The number of amides is 2. The number of thioether (sulfide) groups is 1. The van der Waals surface area contributed by atoms with Gasteiger partial charge in [0.1, 0.15) is 31.0 Å². The number of nitrogens with one attached hydrogen (secondary N) is 1. The fraction of sp³-hybridized carbons (Fsp3) is 0.105. The summed E-state index contributed by atoms with van der Waals surface area (Å²) in [6, 6.07) is 14.0. The van der Waals surface area contributed by atoms with Crippen molar-refractivity contribution in [2.45, 2.75) is 0 Å². The number of imide groups is 1. The fourth-order valence-electron chi connectivity index (χ4n) is 2.19. The van der Waals surface area contributed by atoms with Crippen molar-refractivity contribution in [3.8, 4) is 11.5 Å². The van der Waals surface area contributed by atoms with Crippen molar-refractivity contribution in [2.24, 2.45) is 0 Å². The molecule has 2 aromatic rings. The molecule has 2 aromatic carbocycles. The summed E-state index contributed by atoms with van der Waals surface area (Å²) in [5.41, 5.74) is 1.40. The van der Waals surface area contributed by atoms with Gasteiger partial charge in [0.05, 0.1) is 4.91 Å². The standard InChI is InChI=1S/C19H15NO5S/c21-12-14-3-7-16(8-4-14)25-10-9-24-15-5-1-13(2-6-15)11-17-18(22)20-19(23)26-17/h1-8,11-12H,9-10H2,(H,20,22,23)/b17-11+. The molecular weight excluding hydrogens is 354 g/mol. The molecule has 0 bridgehead atoms. The highest BCUT2D eigenvalue weighted by atomic mass is 32.2. The third kappa shape index (κ3) is 4.73. The van der Waals surface area contributed by atoms with Crippen molar-refractivity contribution in [1.29, 1.82) is 0 Å². The highest BCUT2D eigenvalue weighted by molar-refractivity contribution is 8.18. The number of rotatable bonds is 7. The Morgan fingerprint density at radius 2 is 1.38 bits per heavy atom. The molecule has 0 spiro atoms. The van der Waals surface area contributed by atoms with Crippen LogP contribution in [0.1, 0.15) is 15.9 Å². The molecule has 0 radical (unpaired) electrons. The van der Waals surface area contributed by atoms with Gasteiger partial charge in [-0.05, 0) is 59.8 Å². The molecule has 0 aromatic heterocycles. The predicted molar refractivity (Wildman–Crippen MR) is 98.4 cm³/mol. The van der Waals surface area contributed by atoms with Crippen molar-refractivity contribution < 1.29 is 23.9 Å². The number of hydrogen-bond acceptors (Lipinski definition) is 6. The molecule has 7 heteroatoms. The summed E-state index contributed by atoms with van der Waals surface area (Å²) in [6.07, 6.45) is 2.43. The zero-order valence-electron chi connectivity index (χ0n) is 13.6. The quantitative estimate of drug-likeness (QED) is 0.458. The molecule has 0 aliphatic carbocycles. The van der Waals surface area contributed by atoms with Crippen molar-refractivity contribution in [2.75, 3.05) is 13.2 Å². The van der Waals surface area contributed by atoms with E-state index in [-0.39, 0.29) is 11.1 Å². The van der Waals surface area contributed by atoms with Gasteiger partial charge in [0.2, 0.25) is 0 Å². The van der Waals surface area contributed by atoms with Crippen LogP contribution in [0.25, 0.3) is 6.08 Å². The van der Waals surface area contributed by atoms with Crippen LogP contribution in [-0.4, -0.2) is 30.6 Å². The second-order valence-electron chi connectivity index (χ2n) is 5.31. The van der Waals surface area contributed by atoms with Crippen LogP contribution in [-0.2, 0) is 4.79 Å². The maximum absolute atomic E-state index is 11.5. The van der Waals surface area contributed by atoms with E-state index in [1.54, 1.807) is 54.6 Å². The lowest BCUT2D eigenvalue weighted by Gasteiger charge is -2.08. The molecule has 0 saturated carbocycles. The molecule has 1 heterocycles. The number of carbonyl (C=O) groups excluding carboxylic acids is 3. The molecule has 3 rings (SSSR count). The summed E-state index contributed by atoms with van der Waals surface area (Å²) in [5.74, 6) is 0.966.